The van der Waals surface area contributed by atoms with Gasteiger partial charge in [0, 0.05) is 5.41 Å². The SMILES string of the molecule is CCc1ccc2c(c1)=[C-]C1=C(C3=CC=CC3)C(CC)(c3ccccc3)C=C(c3ccccc3)C=21.[Cl-].[Cl-].[Zr+2]=[C](c1ccccc1)c1ccccc1. The van der Waals surface area contributed by atoms with E-state index in [4.69, 9.17) is 0 Å². The van der Waals surface area contributed by atoms with Crippen molar-refractivity contribution in [2.45, 2.75) is 38.5 Å². The summed E-state index contributed by atoms with van der Waals surface area (Å²) < 4.78 is 1.42. The Labute approximate surface area is 324 Å². The Kier molecular flexibility index (Phi) is 12.6. The second-order valence-electron chi connectivity index (χ2n) is 12.5. The minimum absolute atomic E-state index is 0. The Morgan fingerprint density at radius 2 is 1.30 bits per heavy atom. The Hall–Kier alpha value is -3.87. The van der Waals surface area contributed by atoms with E-state index in [1.54, 1.807) is 0 Å². The fourth-order valence-electron chi connectivity index (χ4n) is 7.29. The van der Waals surface area contributed by atoms with Crippen LogP contribution in [-0.2, 0) is 36.1 Å². The fourth-order valence-corrected chi connectivity index (χ4v) is 8.11. The van der Waals surface area contributed by atoms with Crippen LogP contribution >= 0.6 is 0 Å². The van der Waals surface area contributed by atoms with E-state index < -0.39 is 0 Å². The van der Waals surface area contributed by atoms with Crippen molar-refractivity contribution >= 4 is 20.4 Å². The molecule has 0 fully saturated rings. The molecule has 0 bridgehead atoms. The van der Waals surface area contributed by atoms with Gasteiger partial charge in [0.2, 0.25) is 0 Å². The molecule has 8 rings (SSSR count). The van der Waals surface area contributed by atoms with E-state index >= 15 is 0 Å². The van der Waals surface area contributed by atoms with Gasteiger partial charge in [0.05, 0.1) is 0 Å². The molecule has 0 N–H and O–H groups in total. The van der Waals surface area contributed by atoms with Gasteiger partial charge in [0.25, 0.3) is 0 Å². The summed E-state index contributed by atoms with van der Waals surface area (Å²) in [6, 6.07) is 50.0. The van der Waals surface area contributed by atoms with Crippen molar-refractivity contribution in [3.8, 4) is 0 Å². The van der Waals surface area contributed by atoms with Crippen LogP contribution in [0.25, 0.3) is 17.2 Å². The number of hydrogen-bond acceptors (Lipinski definition) is 0. The molecule has 0 radical (unpaired) electrons. The third-order valence-electron chi connectivity index (χ3n) is 9.78. The van der Waals surface area contributed by atoms with Crippen molar-refractivity contribution in [3.63, 3.8) is 0 Å². The topological polar surface area (TPSA) is 0 Å². The van der Waals surface area contributed by atoms with E-state index in [-0.39, 0.29) is 30.2 Å². The summed E-state index contributed by atoms with van der Waals surface area (Å²) in [6.07, 6.45) is 16.3. The molecule has 5 aromatic carbocycles. The Bertz CT molecular complexity index is 2170. The average Bonchev–Trinajstić information content (AvgIpc) is 3.84. The van der Waals surface area contributed by atoms with Crippen LogP contribution in [0.5, 0.6) is 0 Å². The quantitative estimate of drug-likeness (QED) is 0.223. The summed E-state index contributed by atoms with van der Waals surface area (Å²) >= 11 is 1.46. The Morgan fingerprint density at radius 3 is 1.84 bits per heavy atom. The van der Waals surface area contributed by atoms with Gasteiger partial charge in [-0.1, -0.05) is 133 Å². The third kappa shape index (κ3) is 7.29. The van der Waals surface area contributed by atoms with Gasteiger partial charge in [-0.25, -0.2) is 0 Å². The van der Waals surface area contributed by atoms with E-state index in [2.05, 4.69) is 184 Å². The van der Waals surface area contributed by atoms with Crippen molar-refractivity contribution in [1.82, 2.24) is 0 Å². The molecule has 1 atom stereocenters. The number of rotatable bonds is 7. The first-order valence-electron chi connectivity index (χ1n) is 17.0. The van der Waals surface area contributed by atoms with Gasteiger partial charge in [-0.05, 0) is 30.4 Å². The minimum atomic E-state index is -0.203. The van der Waals surface area contributed by atoms with Crippen molar-refractivity contribution < 1.29 is 49.0 Å². The van der Waals surface area contributed by atoms with Crippen LogP contribution in [0.15, 0.2) is 181 Å². The van der Waals surface area contributed by atoms with E-state index in [1.807, 2.05) is 0 Å². The first-order chi connectivity index (χ1) is 23.6. The standard InChI is InChI=1S/C34H29.C13H10.2ClH.Zr/c1-3-24-19-20-29-27(21-24)22-30-32(29)31(25-13-7-5-8-14-25)23-34(4-2,28-17-9-6-10-18-28)33(30)26-15-11-12-16-26;1-3-7-12(8-4-1)11-13-9-5-2-6-10-13;;;/h5-15,17-21,23H,3-4,16H2,1-2H3;1-10H;2*1H;/q-1;;;;+2/p-2. The molecule has 3 aliphatic carbocycles. The number of fused-ring (bicyclic) bond motifs is 2. The van der Waals surface area contributed by atoms with Crippen LogP contribution in [0.1, 0.15) is 54.5 Å². The Morgan fingerprint density at radius 1 is 0.720 bits per heavy atom. The van der Waals surface area contributed by atoms with Gasteiger partial charge < -0.3 is 24.8 Å². The summed E-state index contributed by atoms with van der Waals surface area (Å²) in [5.41, 5.74) is 13.2. The molecule has 0 saturated heterocycles. The van der Waals surface area contributed by atoms with Gasteiger partial charge in [-0.2, -0.15) is 0 Å². The molecule has 0 nitrogen and oxygen atoms in total. The second kappa shape index (κ2) is 16.9. The summed E-state index contributed by atoms with van der Waals surface area (Å²) in [5, 5.41) is 2.54. The molecular weight excluding hydrogens is 727 g/mol. The van der Waals surface area contributed by atoms with Gasteiger partial charge in [0.1, 0.15) is 0 Å². The Balaban J connectivity index is 0.000000257. The van der Waals surface area contributed by atoms with Gasteiger partial charge in [-0.15, -0.1) is 33.7 Å². The molecule has 3 aliphatic rings. The van der Waals surface area contributed by atoms with Crippen LogP contribution in [0.4, 0.5) is 0 Å². The summed E-state index contributed by atoms with van der Waals surface area (Å²) in [6.45, 7) is 4.56. The molecule has 0 spiro atoms. The molecule has 0 saturated carbocycles. The first kappa shape index (κ1) is 37.4. The number of allylic oxidation sites excluding steroid dienone is 8. The first-order valence-corrected chi connectivity index (χ1v) is 18.3. The number of hydrogen-bond donors (Lipinski definition) is 0. The van der Waals surface area contributed by atoms with Crippen molar-refractivity contribution in [2.24, 2.45) is 0 Å². The summed E-state index contributed by atoms with van der Waals surface area (Å²) in [7, 11) is 0. The van der Waals surface area contributed by atoms with E-state index in [9.17, 15) is 0 Å². The summed E-state index contributed by atoms with van der Waals surface area (Å²) in [4.78, 5) is 0. The second-order valence-corrected chi connectivity index (χ2v) is 13.8. The molecule has 246 valence electrons. The zero-order valence-corrected chi connectivity index (χ0v) is 32.4. The zero-order valence-electron chi connectivity index (χ0n) is 28.5. The van der Waals surface area contributed by atoms with Crippen molar-refractivity contribution in [2.75, 3.05) is 0 Å². The molecule has 0 amide bonds. The third-order valence-corrected chi connectivity index (χ3v) is 11.2. The number of halogens is 2. The maximum atomic E-state index is 3.93. The van der Waals surface area contributed by atoms with E-state index in [0.29, 0.717) is 0 Å². The van der Waals surface area contributed by atoms with Crippen LogP contribution in [-0.4, -0.2) is 3.21 Å². The molecule has 3 heteroatoms. The monoisotopic (exact) mass is 763 g/mol. The number of benzene rings is 5. The molecule has 50 heavy (non-hydrogen) atoms. The molecular formula is C47H39Cl2Zr-. The molecule has 0 aliphatic heterocycles. The number of aryl methyl sites for hydroxylation is 1. The average molecular weight is 766 g/mol. The van der Waals surface area contributed by atoms with Crippen molar-refractivity contribution in [1.29, 1.82) is 0 Å². The maximum absolute atomic E-state index is 3.93. The normalized spacial score (nSPS) is 16.8. The van der Waals surface area contributed by atoms with Crippen LogP contribution in [0, 0.1) is 0 Å². The zero-order chi connectivity index (χ0) is 32.9. The van der Waals surface area contributed by atoms with Gasteiger partial charge in [-0.3, -0.25) is 0 Å². The fraction of sp³-hybridized carbons (Fsp3) is 0.128. The molecule has 5 aromatic rings. The van der Waals surface area contributed by atoms with Crippen LogP contribution in [0.2, 0.25) is 0 Å². The molecule has 1 unspecified atom stereocenters. The predicted molar refractivity (Wildman–Crippen MR) is 200 cm³/mol. The molecule has 0 heterocycles. The molecule has 0 aromatic heterocycles. The van der Waals surface area contributed by atoms with Gasteiger partial charge in [0.15, 0.2) is 0 Å². The van der Waals surface area contributed by atoms with Gasteiger partial charge >= 0.3 is 99.2 Å². The van der Waals surface area contributed by atoms with Crippen molar-refractivity contribution in [3.05, 3.63) is 219 Å². The summed E-state index contributed by atoms with van der Waals surface area (Å²) in [5.74, 6) is 0. The van der Waals surface area contributed by atoms with E-state index in [1.165, 1.54) is 93.6 Å². The van der Waals surface area contributed by atoms with Crippen LogP contribution in [0.3, 0.4) is 0 Å². The van der Waals surface area contributed by atoms with Crippen LogP contribution < -0.4 is 35.3 Å². The predicted octanol–water partition coefficient (Wildman–Crippen LogP) is 3.51. The van der Waals surface area contributed by atoms with E-state index in [0.717, 1.165) is 19.3 Å².